The van der Waals surface area contributed by atoms with E-state index in [9.17, 15) is 0 Å². The topological polar surface area (TPSA) is 58.3 Å². The Balaban J connectivity index is 1.92. The zero-order valence-corrected chi connectivity index (χ0v) is 13.5. The molecule has 0 bridgehead atoms. The van der Waals surface area contributed by atoms with Crippen molar-refractivity contribution in [2.24, 2.45) is 5.73 Å². The summed E-state index contributed by atoms with van der Waals surface area (Å²) in [5.74, 6) is 1.08. The highest BCUT2D eigenvalue weighted by Crippen LogP contribution is 2.17. The van der Waals surface area contributed by atoms with Crippen molar-refractivity contribution in [2.75, 3.05) is 37.6 Å². The number of aryl methyl sites for hydroxylation is 1. The molecule has 2 N–H and O–H groups in total. The zero-order valence-electron chi connectivity index (χ0n) is 13.5. The van der Waals surface area contributed by atoms with Gasteiger partial charge in [-0.25, -0.2) is 9.97 Å². The Morgan fingerprint density at radius 2 is 1.90 bits per heavy atom. The maximum atomic E-state index is 5.91. The minimum atomic E-state index is 0.540. The quantitative estimate of drug-likeness (QED) is 0.828. The number of nitrogens with two attached hydrogens (primary N) is 1. The van der Waals surface area contributed by atoms with Gasteiger partial charge >= 0.3 is 0 Å². The van der Waals surface area contributed by atoms with Crippen LogP contribution in [0.15, 0.2) is 12.4 Å². The van der Waals surface area contributed by atoms with Gasteiger partial charge in [0.05, 0.1) is 0 Å². The van der Waals surface area contributed by atoms with E-state index in [-0.39, 0.29) is 0 Å². The smallest absolute Gasteiger partial charge is 0.132 e. The van der Waals surface area contributed by atoms with Gasteiger partial charge in [-0.15, -0.1) is 0 Å². The fraction of sp³-hybridized carbons (Fsp3) is 0.750. The van der Waals surface area contributed by atoms with Gasteiger partial charge in [-0.2, -0.15) is 0 Å². The van der Waals surface area contributed by atoms with Gasteiger partial charge in [0, 0.05) is 50.5 Å². The van der Waals surface area contributed by atoms with Crippen molar-refractivity contribution in [1.29, 1.82) is 0 Å². The molecular weight excluding hydrogens is 262 g/mol. The molecule has 1 unspecified atom stereocenters. The standard InChI is InChI=1S/C16H29N5/c1-3-5-14-11-16(19-13-18-14)21-9-7-20(8-10-21)15(12-17)6-4-2/h11,13,15H,3-10,12,17H2,1-2H3. The third kappa shape index (κ3) is 4.38. The molecule has 5 nitrogen and oxygen atoms in total. The first-order chi connectivity index (χ1) is 10.3. The number of aromatic nitrogens is 2. The summed E-state index contributed by atoms with van der Waals surface area (Å²) >= 11 is 0. The SMILES string of the molecule is CCCc1cc(N2CCN(C(CN)CCC)CC2)ncn1. The lowest BCUT2D eigenvalue weighted by Crippen LogP contribution is -2.52. The summed E-state index contributed by atoms with van der Waals surface area (Å²) in [7, 11) is 0. The summed E-state index contributed by atoms with van der Waals surface area (Å²) in [6.45, 7) is 9.40. The summed E-state index contributed by atoms with van der Waals surface area (Å²) < 4.78 is 0. The Morgan fingerprint density at radius 1 is 1.14 bits per heavy atom. The molecule has 1 atom stereocenters. The van der Waals surface area contributed by atoms with Gasteiger partial charge in [0.25, 0.3) is 0 Å². The summed E-state index contributed by atoms with van der Waals surface area (Å²) in [6.07, 6.45) is 6.26. The number of hydrogen-bond acceptors (Lipinski definition) is 5. The minimum Gasteiger partial charge on any atom is -0.354 e. The molecule has 1 aliphatic heterocycles. The van der Waals surface area contributed by atoms with Crippen molar-refractivity contribution < 1.29 is 0 Å². The molecule has 1 saturated heterocycles. The van der Waals surface area contributed by atoms with Crippen LogP contribution in [0.5, 0.6) is 0 Å². The Hall–Kier alpha value is -1.20. The molecule has 1 aromatic heterocycles. The average molecular weight is 291 g/mol. The van der Waals surface area contributed by atoms with Gasteiger partial charge < -0.3 is 10.6 Å². The third-order valence-corrected chi connectivity index (χ3v) is 4.26. The summed E-state index contributed by atoms with van der Waals surface area (Å²) in [5, 5.41) is 0. The number of anilines is 1. The summed E-state index contributed by atoms with van der Waals surface area (Å²) in [6, 6.07) is 2.68. The van der Waals surface area contributed by atoms with Gasteiger partial charge in [-0.1, -0.05) is 26.7 Å². The van der Waals surface area contributed by atoms with Gasteiger partial charge in [-0.05, 0) is 12.8 Å². The Bertz CT molecular complexity index is 415. The van der Waals surface area contributed by atoms with Crippen molar-refractivity contribution in [3.8, 4) is 0 Å². The van der Waals surface area contributed by atoms with Gasteiger partial charge in [0.1, 0.15) is 12.1 Å². The van der Waals surface area contributed by atoms with Crippen LogP contribution in [0.3, 0.4) is 0 Å². The highest BCUT2D eigenvalue weighted by Gasteiger charge is 2.23. The van der Waals surface area contributed by atoms with Crippen LogP contribution in [0.25, 0.3) is 0 Å². The van der Waals surface area contributed by atoms with E-state index >= 15 is 0 Å². The lowest BCUT2D eigenvalue weighted by Gasteiger charge is -2.39. The molecule has 118 valence electrons. The molecule has 5 heteroatoms. The van der Waals surface area contributed by atoms with Crippen molar-refractivity contribution in [2.45, 2.75) is 45.6 Å². The first-order valence-corrected chi connectivity index (χ1v) is 8.28. The van der Waals surface area contributed by atoms with E-state index in [1.165, 1.54) is 12.8 Å². The van der Waals surface area contributed by atoms with Crippen LogP contribution < -0.4 is 10.6 Å². The molecule has 0 aromatic carbocycles. The van der Waals surface area contributed by atoms with E-state index in [0.29, 0.717) is 6.04 Å². The van der Waals surface area contributed by atoms with E-state index in [1.807, 2.05) is 0 Å². The lowest BCUT2D eigenvalue weighted by atomic mass is 10.1. The van der Waals surface area contributed by atoms with Gasteiger partial charge in [-0.3, -0.25) is 4.90 Å². The number of rotatable bonds is 7. The monoisotopic (exact) mass is 291 g/mol. The maximum Gasteiger partial charge on any atom is 0.132 e. The Kier molecular flexibility index (Phi) is 6.39. The normalized spacial score (nSPS) is 18.0. The minimum absolute atomic E-state index is 0.540. The van der Waals surface area contributed by atoms with Crippen molar-refractivity contribution in [3.63, 3.8) is 0 Å². The van der Waals surface area contributed by atoms with Crippen molar-refractivity contribution in [3.05, 3.63) is 18.1 Å². The molecule has 1 aromatic rings. The second-order valence-corrected chi connectivity index (χ2v) is 5.82. The number of nitrogens with zero attached hydrogens (tertiary/aromatic N) is 4. The van der Waals surface area contributed by atoms with E-state index in [4.69, 9.17) is 5.73 Å². The largest absolute Gasteiger partial charge is 0.354 e. The van der Waals surface area contributed by atoms with E-state index in [0.717, 1.165) is 57.1 Å². The van der Waals surface area contributed by atoms with Crippen molar-refractivity contribution >= 4 is 5.82 Å². The fourth-order valence-corrected chi connectivity index (χ4v) is 3.05. The molecule has 0 aliphatic carbocycles. The van der Waals surface area contributed by atoms with Crippen LogP contribution in [0.4, 0.5) is 5.82 Å². The fourth-order valence-electron chi connectivity index (χ4n) is 3.05. The number of hydrogen-bond donors (Lipinski definition) is 1. The average Bonchev–Trinajstić information content (AvgIpc) is 2.53. The van der Waals surface area contributed by atoms with E-state index < -0.39 is 0 Å². The predicted octanol–water partition coefficient (Wildman–Crippen LogP) is 1.68. The first kappa shape index (κ1) is 16.2. The molecule has 1 fully saturated rings. The first-order valence-electron chi connectivity index (χ1n) is 8.28. The van der Waals surface area contributed by atoms with Crippen molar-refractivity contribution in [1.82, 2.24) is 14.9 Å². The highest BCUT2D eigenvalue weighted by molar-refractivity contribution is 5.39. The van der Waals surface area contributed by atoms with Gasteiger partial charge in [0.15, 0.2) is 0 Å². The molecular formula is C16H29N5. The molecule has 0 amide bonds. The molecule has 0 radical (unpaired) electrons. The Labute approximate surface area is 128 Å². The van der Waals surface area contributed by atoms with E-state index in [2.05, 4.69) is 39.7 Å². The number of piperazine rings is 1. The van der Waals surface area contributed by atoms with Crippen LogP contribution in [0.2, 0.25) is 0 Å². The summed E-state index contributed by atoms with van der Waals surface area (Å²) in [5.41, 5.74) is 7.06. The van der Waals surface area contributed by atoms with Crippen LogP contribution in [-0.2, 0) is 6.42 Å². The summed E-state index contributed by atoms with van der Waals surface area (Å²) in [4.78, 5) is 13.7. The molecule has 2 heterocycles. The second kappa shape index (κ2) is 8.29. The van der Waals surface area contributed by atoms with Gasteiger partial charge in [0.2, 0.25) is 0 Å². The highest BCUT2D eigenvalue weighted by atomic mass is 15.3. The second-order valence-electron chi connectivity index (χ2n) is 5.82. The molecule has 1 aliphatic rings. The van der Waals surface area contributed by atoms with Crippen LogP contribution in [0.1, 0.15) is 38.8 Å². The molecule has 2 rings (SSSR count). The van der Waals surface area contributed by atoms with Crippen LogP contribution in [0, 0.1) is 0 Å². The Morgan fingerprint density at radius 3 is 2.52 bits per heavy atom. The third-order valence-electron chi connectivity index (χ3n) is 4.26. The lowest BCUT2D eigenvalue weighted by molar-refractivity contribution is 0.179. The predicted molar refractivity (Wildman–Crippen MR) is 87.6 cm³/mol. The molecule has 21 heavy (non-hydrogen) atoms. The van der Waals surface area contributed by atoms with Crippen LogP contribution in [-0.4, -0.2) is 53.6 Å². The molecule has 0 spiro atoms. The zero-order chi connectivity index (χ0) is 15.1. The van der Waals surface area contributed by atoms with Crippen LogP contribution >= 0.6 is 0 Å². The molecule has 0 saturated carbocycles. The maximum absolute atomic E-state index is 5.91. The van der Waals surface area contributed by atoms with E-state index in [1.54, 1.807) is 6.33 Å².